The van der Waals surface area contributed by atoms with Gasteiger partial charge in [-0.2, -0.15) is 0 Å². The second-order valence-electron chi connectivity index (χ2n) is 7.99. The Morgan fingerprint density at radius 1 is 0.960 bits per heavy atom. The largest absolute Gasteiger partial charge is 0.280 e. The van der Waals surface area contributed by atoms with Crippen molar-refractivity contribution >= 4 is 11.8 Å². The number of unbranched alkanes of at least 4 members (excludes halogenated alkanes) is 3. The fourth-order valence-corrected chi connectivity index (χ4v) is 4.19. The second-order valence-corrected chi connectivity index (χ2v) is 7.99. The zero-order valence-electron chi connectivity index (χ0n) is 17.2. The minimum atomic E-state index is 0.0500. The molecule has 2 amide bonds. The van der Waals surface area contributed by atoms with Crippen molar-refractivity contribution in [1.29, 1.82) is 0 Å². The molecule has 0 bridgehead atoms. The molecule has 1 rings (SSSR count). The quantitative estimate of drug-likeness (QED) is 0.445. The first-order valence-electron chi connectivity index (χ1n) is 10.9. The van der Waals surface area contributed by atoms with Crippen LogP contribution in [0.15, 0.2) is 0 Å². The molecule has 3 heteroatoms. The Balaban J connectivity index is 3.03. The van der Waals surface area contributed by atoms with Crippen LogP contribution in [0.3, 0.4) is 0 Å². The molecule has 0 spiro atoms. The molecule has 0 aliphatic carbocycles. The van der Waals surface area contributed by atoms with Gasteiger partial charge in [0.1, 0.15) is 0 Å². The van der Waals surface area contributed by atoms with Crippen LogP contribution >= 0.6 is 0 Å². The summed E-state index contributed by atoms with van der Waals surface area (Å²) in [4.78, 5) is 27.9. The van der Waals surface area contributed by atoms with Crippen molar-refractivity contribution in [2.45, 2.75) is 117 Å². The van der Waals surface area contributed by atoms with E-state index in [1.54, 1.807) is 4.90 Å². The van der Waals surface area contributed by atoms with Gasteiger partial charge < -0.3 is 0 Å². The van der Waals surface area contributed by atoms with Gasteiger partial charge in [-0.05, 0) is 44.9 Å². The van der Waals surface area contributed by atoms with Gasteiger partial charge in [0.15, 0.2) is 0 Å². The Kier molecular flexibility index (Phi) is 11.1. The maximum atomic E-state index is 13.5. The van der Waals surface area contributed by atoms with Crippen LogP contribution in [0.1, 0.15) is 111 Å². The van der Waals surface area contributed by atoms with Crippen LogP contribution in [0.4, 0.5) is 0 Å². The average molecular weight is 352 g/mol. The first-order chi connectivity index (χ1) is 12.1. The van der Waals surface area contributed by atoms with Gasteiger partial charge in [-0.15, -0.1) is 0 Å². The van der Waals surface area contributed by atoms with Crippen LogP contribution < -0.4 is 0 Å². The van der Waals surface area contributed by atoms with Crippen molar-refractivity contribution in [3.63, 3.8) is 0 Å². The van der Waals surface area contributed by atoms with E-state index in [-0.39, 0.29) is 23.8 Å². The third-order valence-corrected chi connectivity index (χ3v) is 5.82. The molecule has 1 aliphatic rings. The Hall–Kier alpha value is -0.860. The van der Waals surface area contributed by atoms with Crippen molar-refractivity contribution in [2.24, 2.45) is 11.8 Å². The lowest BCUT2D eigenvalue weighted by atomic mass is 9.80. The van der Waals surface area contributed by atoms with Crippen LogP contribution in [-0.4, -0.2) is 22.8 Å². The fourth-order valence-electron chi connectivity index (χ4n) is 4.19. The number of carbonyl (C=O) groups is 2. The van der Waals surface area contributed by atoms with Crippen molar-refractivity contribution in [2.75, 3.05) is 0 Å². The lowest BCUT2D eigenvalue weighted by Gasteiger charge is -2.33. The maximum Gasteiger partial charge on any atom is 0.232 e. The number of hydrogen-bond acceptors (Lipinski definition) is 2. The minimum Gasteiger partial charge on any atom is -0.280 e. The molecule has 3 atom stereocenters. The summed E-state index contributed by atoms with van der Waals surface area (Å²) in [6, 6.07) is 0.0500. The molecular weight excluding hydrogens is 310 g/mol. The van der Waals surface area contributed by atoms with E-state index in [0.29, 0.717) is 12.3 Å². The summed E-state index contributed by atoms with van der Waals surface area (Å²) >= 11 is 0. The summed E-state index contributed by atoms with van der Waals surface area (Å²) in [5.41, 5.74) is 0. The van der Waals surface area contributed by atoms with Gasteiger partial charge in [0.25, 0.3) is 0 Å². The highest BCUT2D eigenvalue weighted by molar-refractivity contribution is 5.97. The summed E-state index contributed by atoms with van der Waals surface area (Å²) in [5, 5.41) is 0. The van der Waals surface area contributed by atoms with Crippen LogP contribution in [-0.2, 0) is 9.59 Å². The molecule has 1 fully saturated rings. The summed E-state index contributed by atoms with van der Waals surface area (Å²) in [5.74, 6) is 0.736. The molecular formula is C22H41NO2. The summed E-state index contributed by atoms with van der Waals surface area (Å²) in [6.07, 6.45) is 13.5. The molecule has 0 radical (unpaired) electrons. The zero-order chi connectivity index (χ0) is 18.7. The zero-order valence-corrected chi connectivity index (χ0v) is 17.2. The van der Waals surface area contributed by atoms with E-state index < -0.39 is 0 Å². The molecule has 25 heavy (non-hydrogen) atoms. The minimum absolute atomic E-state index is 0.0500. The van der Waals surface area contributed by atoms with Gasteiger partial charge in [-0.1, -0.05) is 65.7 Å². The van der Waals surface area contributed by atoms with E-state index in [1.807, 2.05) is 0 Å². The molecule has 1 heterocycles. The molecule has 0 N–H and O–H groups in total. The number of carbonyl (C=O) groups excluding carboxylic acids is 2. The molecule has 146 valence electrons. The predicted octanol–water partition coefficient (Wildman–Crippen LogP) is 6.11. The lowest BCUT2D eigenvalue weighted by molar-refractivity contribution is -0.151. The third-order valence-electron chi connectivity index (χ3n) is 5.82. The molecule has 3 unspecified atom stereocenters. The van der Waals surface area contributed by atoms with Crippen molar-refractivity contribution in [1.82, 2.24) is 4.90 Å². The summed E-state index contributed by atoms with van der Waals surface area (Å²) in [7, 11) is 0. The smallest absolute Gasteiger partial charge is 0.232 e. The summed E-state index contributed by atoms with van der Waals surface area (Å²) < 4.78 is 0. The number of nitrogens with zero attached hydrogens (tertiary/aromatic N) is 1. The molecule has 0 aromatic heterocycles. The van der Waals surface area contributed by atoms with Gasteiger partial charge in [-0.3, -0.25) is 14.5 Å². The highest BCUT2D eigenvalue weighted by atomic mass is 16.2. The van der Waals surface area contributed by atoms with Crippen LogP contribution in [0.2, 0.25) is 0 Å². The summed E-state index contributed by atoms with van der Waals surface area (Å²) in [6.45, 7) is 8.65. The number of imide groups is 1. The first kappa shape index (κ1) is 22.2. The molecule has 0 aromatic rings. The van der Waals surface area contributed by atoms with Crippen molar-refractivity contribution in [3.05, 3.63) is 0 Å². The Morgan fingerprint density at radius 3 is 2.24 bits per heavy atom. The molecule has 1 saturated heterocycles. The first-order valence-corrected chi connectivity index (χ1v) is 10.9. The van der Waals surface area contributed by atoms with Gasteiger partial charge in [0, 0.05) is 18.4 Å². The average Bonchev–Trinajstić information content (AvgIpc) is 2.65. The van der Waals surface area contributed by atoms with E-state index in [9.17, 15) is 9.59 Å². The molecule has 0 aromatic carbocycles. The maximum absolute atomic E-state index is 13.5. The molecule has 1 aliphatic heterocycles. The Morgan fingerprint density at radius 2 is 1.60 bits per heavy atom. The monoisotopic (exact) mass is 351 g/mol. The van der Waals surface area contributed by atoms with Gasteiger partial charge in [0.05, 0.1) is 0 Å². The van der Waals surface area contributed by atoms with Crippen LogP contribution in [0, 0.1) is 11.8 Å². The van der Waals surface area contributed by atoms with Crippen LogP contribution in [0.25, 0.3) is 0 Å². The Labute approximate surface area is 155 Å². The van der Waals surface area contributed by atoms with E-state index >= 15 is 0 Å². The highest BCUT2D eigenvalue weighted by Gasteiger charge is 2.36. The van der Waals surface area contributed by atoms with Crippen LogP contribution in [0.5, 0.6) is 0 Å². The normalized spacial score (nSPS) is 23.9. The third kappa shape index (κ3) is 7.11. The highest BCUT2D eigenvalue weighted by Crippen LogP contribution is 2.33. The standard InChI is InChI=1S/C22H41NO2/c1-5-8-13-18(4)23-21(24)17-12-11-15-19(14-9-6-2)20(22(23)25)16-10-7-3/h18-20H,5-17H2,1-4H3. The van der Waals surface area contributed by atoms with Crippen molar-refractivity contribution < 1.29 is 9.59 Å². The SMILES string of the molecule is CCCCC1CCCCC(=O)N(C(C)CCCC)C(=O)C1CCCC. The van der Waals surface area contributed by atoms with Gasteiger partial charge in [0.2, 0.25) is 11.8 Å². The van der Waals surface area contributed by atoms with E-state index in [4.69, 9.17) is 0 Å². The predicted molar refractivity (Wildman–Crippen MR) is 105 cm³/mol. The number of rotatable bonds is 10. The second kappa shape index (κ2) is 12.5. The Bertz CT molecular complexity index is 393. The van der Waals surface area contributed by atoms with E-state index in [0.717, 1.165) is 64.2 Å². The van der Waals surface area contributed by atoms with Gasteiger partial charge >= 0.3 is 0 Å². The number of hydrogen-bond donors (Lipinski definition) is 0. The molecule has 0 saturated carbocycles. The van der Waals surface area contributed by atoms with E-state index in [2.05, 4.69) is 27.7 Å². The van der Waals surface area contributed by atoms with Crippen molar-refractivity contribution in [3.8, 4) is 0 Å². The van der Waals surface area contributed by atoms with Gasteiger partial charge in [-0.25, -0.2) is 0 Å². The molecule has 3 nitrogen and oxygen atoms in total. The number of amides is 2. The topological polar surface area (TPSA) is 37.4 Å². The lowest BCUT2D eigenvalue weighted by Crippen LogP contribution is -2.47. The van der Waals surface area contributed by atoms with E-state index in [1.165, 1.54) is 12.8 Å². The fraction of sp³-hybridized carbons (Fsp3) is 0.909.